The van der Waals surface area contributed by atoms with E-state index in [2.05, 4.69) is 14.8 Å². The molecule has 2 N–H and O–H groups in total. The highest BCUT2D eigenvalue weighted by atomic mass is 32.1. The highest BCUT2D eigenvalue weighted by Crippen LogP contribution is 2.26. The molecule has 0 bridgehead atoms. The number of rotatable bonds is 14. The molecule has 0 radical (unpaired) electrons. The van der Waals surface area contributed by atoms with Gasteiger partial charge in [0.05, 0.1) is 21.8 Å². The van der Waals surface area contributed by atoms with Crippen molar-refractivity contribution < 1.29 is 29.2 Å². The van der Waals surface area contributed by atoms with Gasteiger partial charge in [0, 0.05) is 38.8 Å². The first kappa shape index (κ1) is 29.1. The average molecular weight is 558 g/mol. The second-order valence-corrected chi connectivity index (χ2v) is 11.6. The molecule has 39 heavy (non-hydrogen) atoms. The number of benzene rings is 2. The number of unbranched alkanes of at least 4 members (excludes halogenated alkanes) is 1. The fourth-order valence-corrected chi connectivity index (χ4v) is 5.23. The van der Waals surface area contributed by atoms with Crippen molar-refractivity contribution >= 4 is 27.5 Å². The number of aliphatic hydroxyl groups excluding tert-OH is 1. The first-order valence-electron chi connectivity index (χ1n) is 13.5. The van der Waals surface area contributed by atoms with Crippen molar-refractivity contribution in [1.82, 2.24) is 14.8 Å². The summed E-state index contributed by atoms with van der Waals surface area (Å²) in [4.78, 5) is 20.5. The van der Waals surface area contributed by atoms with Crippen LogP contribution in [0.5, 0.6) is 17.2 Å². The van der Waals surface area contributed by atoms with Crippen molar-refractivity contribution in [3.05, 3.63) is 47.5 Å². The number of hydrogen-bond acceptors (Lipinski definition) is 9. The fourth-order valence-electron chi connectivity index (χ4n) is 4.42. The summed E-state index contributed by atoms with van der Waals surface area (Å²) in [5, 5.41) is 20.7. The second kappa shape index (κ2) is 13.4. The number of carboxylic acids is 1. The maximum absolute atomic E-state index is 11.2. The van der Waals surface area contributed by atoms with Crippen LogP contribution >= 0.6 is 11.3 Å². The topological polar surface area (TPSA) is 105 Å². The predicted octanol–water partition coefficient (Wildman–Crippen LogP) is 4.06. The van der Waals surface area contributed by atoms with E-state index >= 15 is 0 Å². The van der Waals surface area contributed by atoms with Crippen molar-refractivity contribution in [3.63, 3.8) is 0 Å². The molecule has 1 fully saturated rings. The van der Waals surface area contributed by atoms with Gasteiger partial charge in [-0.05, 0) is 76.6 Å². The van der Waals surface area contributed by atoms with E-state index in [1.807, 2.05) is 25.1 Å². The zero-order valence-electron chi connectivity index (χ0n) is 23.0. The van der Waals surface area contributed by atoms with Crippen molar-refractivity contribution in [2.75, 3.05) is 52.5 Å². The van der Waals surface area contributed by atoms with Gasteiger partial charge < -0.3 is 29.3 Å². The Morgan fingerprint density at radius 3 is 2.38 bits per heavy atom. The molecule has 1 unspecified atom stereocenters. The number of thiazole rings is 1. The first-order valence-corrected chi connectivity index (χ1v) is 14.3. The highest BCUT2D eigenvalue weighted by Gasteiger charge is 2.29. The molecule has 1 aromatic heterocycles. The van der Waals surface area contributed by atoms with Gasteiger partial charge in [-0.25, -0.2) is 9.78 Å². The Hall–Kier alpha value is -2.92. The minimum atomic E-state index is -1.28. The summed E-state index contributed by atoms with van der Waals surface area (Å²) in [7, 11) is 0. The van der Waals surface area contributed by atoms with Gasteiger partial charge in [0.25, 0.3) is 0 Å². The number of β-amino-alcohol motifs (C(OH)–C–C–N with tert-alkyl or cyclic N) is 1. The molecule has 1 atom stereocenters. The zero-order chi connectivity index (χ0) is 27.8. The number of hydrogen-bond donors (Lipinski definition) is 2. The number of fused-ring (bicyclic) bond motifs is 1. The van der Waals surface area contributed by atoms with E-state index in [9.17, 15) is 15.0 Å². The summed E-state index contributed by atoms with van der Waals surface area (Å²) >= 11 is 1.67. The monoisotopic (exact) mass is 557 g/mol. The van der Waals surface area contributed by atoms with Gasteiger partial charge in [0.15, 0.2) is 5.60 Å². The van der Waals surface area contributed by atoms with E-state index in [0.29, 0.717) is 18.9 Å². The normalized spacial score (nSPS) is 15.8. The van der Waals surface area contributed by atoms with Crippen LogP contribution in [0, 0.1) is 6.92 Å². The third-order valence-electron chi connectivity index (χ3n) is 6.69. The Morgan fingerprint density at radius 2 is 1.67 bits per heavy atom. The maximum atomic E-state index is 11.2. The van der Waals surface area contributed by atoms with Crippen LogP contribution in [0.15, 0.2) is 42.5 Å². The maximum Gasteiger partial charge on any atom is 0.347 e. The fraction of sp³-hybridized carbons (Fsp3) is 0.517. The third kappa shape index (κ3) is 8.79. The number of nitrogens with zero attached hydrogens (tertiary/aromatic N) is 3. The largest absolute Gasteiger partial charge is 0.494 e. The minimum absolute atomic E-state index is 0.269. The van der Waals surface area contributed by atoms with Crippen molar-refractivity contribution in [1.29, 1.82) is 0 Å². The van der Waals surface area contributed by atoms with Gasteiger partial charge in [0.1, 0.15) is 30.0 Å². The number of piperazine rings is 1. The van der Waals surface area contributed by atoms with E-state index in [1.54, 1.807) is 35.6 Å². The number of aliphatic carboxylic acids is 1. The molecular formula is C29H39N3O6S. The number of carboxylic acid groups (broad SMARTS) is 1. The SMILES string of the molecule is Cc1nc2cc(OCC(O)CN3CCN(CCCCOc4ccc(OC(C)(C)C(=O)O)cc4)CC3)ccc2s1. The molecule has 2 heterocycles. The van der Waals surface area contributed by atoms with Crippen LogP contribution in [-0.4, -0.2) is 95.2 Å². The molecule has 3 aromatic rings. The molecule has 0 spiro atoms. The standard InChI is InChI=1S/C29H39N3O6S/c1-21-30-26-18-25(10-11-27(26)39-21)37-20-22(33)19-32-15-13-31(14-16-32)12-4-5-17-36-23-6-8-24(9-7-23)38-29(2,3)28(34)35/h6-11,18,22,33H,4-5,12-17,19-20H2,1-3H3,(H,34,35). The van der Waals surface area contributed by atoms with Gasteiger partial charge >= 0.3 is 5.97 Å². The lowest BCUT2D eigenvalue weighted by Crippen LogP contribution is -2.49. The Labute approximate surface area is 233 Å². The predicted molar refractivity (Wildman–Crippen MR) is 152 cm³/mol. The van der Waals surface area contributed by atoms with Gasteiger partial charge in [-0.15, -0.1) is 11.3 Å². The van der Waals surface area contributed by atoms with E-state index in [1.165, 1.54) is 13.8 Å². The van der Waals surface area contributed by atoms with Gasteiger partial charge in [-0.3, -0.25) is 4.90 Å². The quantitative estimate of drug-likeness (QED) is 0.284. The molecule has 1 saturated heterocycles. The lowest BCUT2D eigenvalue weighted by atomic mass is 10.1. The molecule has 212 valence electrons. The molecule has 4 rings (SSSR count). The summed E-state index contributed by atoms with van der Waals surface area (Å²) in [5.74, 6) is 0.970. The number of ether oxygens (including phenoxy) is 3. The van der Waals surface area contributed by atoms with E-state index < -0.39 is 17.7 Å². The van der Waals surface area contributed by atoms with Crippen LogP contribution in [0.1, 0.15) is 31.7 Å². The molecule has 0 amide bonds. The van der Waals surface area contributed by atoms with Gasteiger partial charge in [-0.2, -0.15) is 0 Å². The summed E-state index contributed by atoms with van der Waals surface area (Å²) in [6, 6.07) is 12.9. The highest BCUT2D eigenvalue weighted by molar-refractivity contribution is 7.18. The molecular weight excluding hydrogens is 518 g/mol. The number of aromatic nitrogens is 1. The zero-order valence-corrected chi connectivity index (χ0v) is 23.8. The molecule has 0 aliphatic carbocycles. The third-order valence-corrected chi connectivity index (χ3v) is 7.64. The van der Waals surface area contributed by atoms with E-state index in [0.717, 1.165) is 72.3 Å². The van der Waals surface area contributed by atoms with Crippen LogP contribution < -0.4 is 14.2 Å². The number of aliphatic hydroxyl groups is 1. The van der Waals surface area contributed by atoms with Crippen molar-refractivity contribution in [2.24, 2.45) is 0 Å². The summed E-state index contributed by atoms with van der Waals surface area (Å²) in [6.45, 7) is 11.4. The van der Waals surface area contributed by atoms with Gasteiger partial charge in [-0.1, -0.05) is 0 Å². The van der Waals surface area contributed by atoms with Crippen LogP contribution in [0.2, 0.25) is 0 Å². The summed E-state index contributed by atoms with van der Waals surface area (Å²) in [5.41, 5.74) is -0.338. The second-order valence-electron chi connectivity index (χ2n) is 10.4. The van der Waals surface area contributed by atoms with E-state index in [4.69, 9.17) is 14.2 Å². The molecule has 0 saturated carbocycles. The van der Waals surface area contributed by atoms with Crippen LogP contribution in [0.25, 0.3) is 10.2 Å². The van der Waals surface area contributed by atoms with Crippen LogP contribution in [0.3, 0.4) is 0 Å². The lowest BCUT2D eigenvalue weighted by molar-refractivity contribution is -0.152. The van der Waals surface area contributed by atoms with E-state index in [-0.39, 0.29) is 6.61 Å². The molecule has 9 nitrogen and oxygen atoms in total. The van der Waals surface area contributed by atoms with Gasteiger partial charge in [0.2, 0.25) is 0 Å². The smallest absolute Gasteiger partial charge is 0.347 e. The summed E-state index contributed by atoms with van der Waals surface area (Å²) < 4.78 is 18.3. The Morgan fingerprint density at radius 1 is 1.00 bits per heavy atom. The van der Waals surface area contributed by atoms with Crippen molar-refractivity contribution in [2.45, 2.75) is 45.3 Å². The average Bonchev–Trinajstić information content (AvgIpc) is 3.28. The summed E-state index contributed by atoms with van der Waals surface area (Å²) in [6.07, 6.45) is 1.46. The van der Waals surface area contributed by atoms with Crippen molar-refractivity contribution in [3.8, 4) is 17.2 Å². The molecule has 1 aliphatic heterocycles. The number of aryl methyl sites for hydroxylation is 1. The Kier molecular flexibility index (Phi) is 10.0. The minimum Gasteiger partial charge on any atom is -0.494 e. The van der Waals surface area contributed by atoms with Crippen LogP contribution in [0.4, 0.5) is 0 Å². The first-order chi connectivity index (χ1) is 18.7. The Balaban J connectivity index is 1.06. The Bertz CT molecular complexity index is 1210. The number of carbonyl (C=O) groups is 1. The van der Waals surface area contributed by atoms with Crippen LogP contribution in [-0.2, 0) is 4.79 Å². The molecule has 2 aromatic carbocycles. The lowest BCUT2D eigenvalue weighted by Gasteiger charge is -2.35. The molecule has 1 aliphatic rings. The molecule has 10 heteroatoms.